The molecule has 0 bridgehead atoms. The van der Waals surface area contributed by atoms with Crippen molar-refractivity contribution in [3.05, 3.63) is 188 Å². The lowest BCUT2D eigenvalue weighted by molar-refractivity contribution is 0.669. The third-order valence-corrected chi connectivity index (χ3v) is 9.30. The Morgan fingerprint density at radius 3 is 1.40 bits per heavy atom. The molecule has 1 heterocycles. The van der Waals surface area contributed by atoms with Crippen LogP contribution in [0.15, 0.2) is 192 Å². The van der Waals surface area contributed by atoms with E-state index in [4.69, 9.17) is 4.42 Å². The average molecular weight is 614 g/mol. The van der Waals surface area contributed by atoms with Crippen LogP contribution in [0.4, 0.5) is 17.1 Å². The molecule has 0 unspecified atom stereocenters. The van der Waals surface area contributed by atoms with E-state index in [2.05, 4.69) is 181 Å². The van der Waals surface area contributed by atoms with Crippen LogP contribution in [0.3, 0.4) is 0 Å². The van der Waals surface area contributed by atoms with Crippen molar-refractivity contribution in [2.24, 2.45) is 0 Å². The normalized spacial score (nSPS) is 11.3. The summed E-state index contributed by atoms with van der Waals surface area (Å²) in [5.41, 5.74) is 12.3. The van der Waals surface area contributed by atoms with Gasteiger partial charge in [0.05, 0.1) is 11.1 Å². The number of anilines is 3. The first-order valence-corrected chi connectivity index (χ1v) is 16.4. The van der Waals surface area contributed by atoms with Gasteiger partial charge in [0, 0.05) is 16.8 Å². The summed E-state index contributed by atoms with van der Waals surface area (Å²) < 4.78 is 6.32. The lowest BCUT2D eigenvalue weighted by Crippen LogP contribution is -2.10. The second-order valence-electron chi connectivity index (χ2n) is 12.1. The summed E-state index contributed by atoms with van der Waals surface area (Å²) in [6, 6.07) is 66.8. The van der Waals surface area contributed by atoms with Crippen molar-refractivity contribution < 1.29 is 4.42 Å². The van der Waals surface area contributed by atoms with Gasteiger partial charge in [-0.1, -0.05) is 146 Å². The molecule has 0 N–H and O–H groups in total. The monoisotopic (exact) mass is 613 g/mol. The summed E-state index contributed by atoms with van der Waals surface area (Å²) in [6.45, 7) is 0. The van der Waals surface area contributed by atoms with Crippen LogP contribution in [0, 0.1) is 0 Å². The number of para-hydroxylation sites is 1. The molecule has 0 saturated heterocycles. The molecule has 2 heteroatoms. The van der Waals surface area contributed by atoms with Crippen LogP contribution in [0.1, 0.15) is 0 Å². The molecule has 0 aliphatic rings. The minimum Gasteiger partial charge on any atom is -0.456 e. The smallest absolute Gasteiger partial charge is 0.137 e. The Morgan fingerprint density at radius 1 is 0.312 bits per heavy atom. The topological polar surface area (TPSA) is 16.4 Å². The molecule has 0 amide bonds. The molecule has 0 saturated carbocycles. The van der Waals surface area contributed by atoms with Crippen LogP contribution < -0.4 is 4.90 Å². The molecule has 9 aromatic rings. The molecular weight excluding hydrogens is 583 g/mol. The van der Waals surface area contributed by atoms with E-state index in [1.54, 1.807) is 0 Å². The molecule has 226 valence electrons. The first-order chi connectivity index (χ1) is 23.8. The highest BCUT2D eigenvalue weighted by Gasteiger charge is 2.20. The molecule has 0 aliphatic heterocycles. The number of nitrogens with zero attached hydrogens (tertiary/aromatic N) is 1. The summed E-state index contributed by atoms with van der Waals surface area (Å²) >= 11 is 0. The first-order valence-electron chi connectivity index (χ1n) is 16.4. The second kappa shape index (κ2) is 11.8. The van der Waals surface area contributed by atoms with E-state index in [0.29, 0.717) is 0 Å². The highest BCUT2D eigenvalue weighted by molar-refractivity contribution is 6.13. The van der Waals surface area contributed by atoms with E-state index in [-0.39, 0.29) is 0 Å². The molecule has 2 nitrogen and oxygen atoms in total. The largest absolute Gasteiger partial charge is 0.456 e. The van der Waals surface area contributed by atoms with Crippen molar-refractivity contribution in [1.29, 1.82) is 0 Å². The maximum Gasteiger partial charge on any atom is 0.137 e. The van der Waals surface area contributed by atoms with Crippen molar-refractivity contribution in [3.8, 4) is 33.4 Å². The third-order valence-electron chi connectivity index (χ3n) is 9.30. The highest BCUT2D eigenvalue weighted by Crippen LogP contribution is 2.44. The summed E-state index contributed by atoms with van der Waals surface area (Å²) in [6.07, 6.45) is 0. The Hall–Kier alpha value is -6.38. The second-order valence-corrected chi connectivity index (χ2v) is 12.1. The number of rotatable bonds is 6. The Morgan fingerprint density at radius 2 is 0.771 bits per heavy atom. The van der Waals surface area contributed by atoms with Gasteiger partial charge in [0.1, 0.15) is 11.2 Å². The van der Waals surface area contributed by atoms with Gasteiger partial charge in [-0.2, -0.15) is 0 Å². The Labute approximate surface area is 279 Å². The summed E-state index contributed by atoms with van der Waals surface area (Å²) in [5.74, 6) is 0. The minimum atomic E-state index is 0.876. The molecule has 0 spiro atoms. The summed E-state index contributed by atoms with van der Waals surface area (Å²) in [5, 5.41) is 4.71. The van der Waals surface area contributed by atoms with Crippen molar-refractivity contribution in [1.82, 2.24) is 0 Å². The standard InChI is InChI=1S/C46H31NO/c1-3-12-32(13-4-1)33-22-26-36(27-23-33)47(43-19-11-21-45-46(43)42-18-9-10-20-44(42)48-45)37-28-24-35(25-29-37)39-31-30-38(34-14-5-2-6-15-34)40-16-7-8-17-41(39)40/h1-31H. The molecule has 0 aliphatic carbocycles. The van der Waals surface area contributed by atoms with Crippen molar-refractivity contribution in [2.75, 3.05) is 4.90 Å². The fourth-order valence-corrected chi connectivity index (χ4v) is 7.01. The Bertz CT molecular complexity index is 2530. The van der Waals surface area contributed by atoms with Crippen LogP contribution >= 0.6 is 0 Å². The molecule has 8 aromatic carbocycles. The van der Waals surface area contributed by atoms with Crippen LogP contribution in [0.25, 0.3) is 66.1 Å². The highest BCUT2D eigenvalue weighted by atomic mass is 16.3. The van der Waals surface area contributed by atoms with Crippen LogP contribution in [0.2, 0.25) is 0 Å². The van der Waals surface area contributed by atoms with Gasteiger partial charge in [0.15, 0.2) is 0 Å². The predicted molar refractivity (Wildman–Crippen MR) is 202 cm³/mol. The third kappa shape index (κ3) is 4.83. The maximum absolute atomic E-state index is 6.32. The van der Waals surface area contributed by atoms with E-state index >= 15 is 0 Å². The van der Waals surface area contributed by atoms with Crippen molar-refractivity contribution in [3.63, 3.8) is 0 Å². The number of benzene rings is 8. The van der Waals surface area contributed by atoms with Gasteiger partial charge in [-0.25, -0.2) is 0 Å². The minimum absolute atomic E-state index is 0.876. The molecule has 1 aromatic heterocycles. The molecule has 0 fully saturated rings. The lowest BCUT2D eigenvalue weighted by atomic mass is 9.92. The van der Waals surface area contributed by atoms with Crippen LogP contribution in [0.5, 0.6) is 0 Å². The average Bonchev–Trinajstić information content (AvgIpc) is 3.55. The van der Waals surface area contributed by atoms with Gasteiger partial charge in [0.25, 0.3) is 0 Å². The number of furan rings is 1. The molecule has 9 rings (SSSR count). The van der Waals surface area contributed by atoms with E-state index in [9.17, 15) is 0 Å². The molecule has 48 heavy (non-hydrogen) atoms. The number of fused-ring (bicyclic) bond motifs is 4. The zero-order chi connectivity index (χ0) is 31.9. The molecular formula is C46H31NO. The van der Waals surface area contributed by atoms with E-state index in [0.717, 1.165) is 39.0 Å². The fourth-order valence-electron chi connectivity index (χ4n) is 7.01. The van der Waals surface area contributed by atoms with E-state index in [1.165, 1.54) is 44.2 Å². The van der Waals surface area contributed by atoms with Gasteiger partial charge in [-0.05, 0) is 86.6 Å². The number of hydrogen-bond donors (Lipinski definition) is 0. The quantitative estimate of drug-likeness (QED) is 0.185. The Balaban J connectivity index is 1.18. The predicted octanol–water partition coefficient (Wildman–Crippen LogP) is 13.2. The van der Waals surface area contributed by atoms with Gasteiger partial charge >= 0.3 is 0 Å². The van der Waals surface area contributed by atoms with Crippen LogP contribution in [-0.2, 0) is 0 Å². The summed E-state index contributed by atoms with van der Waals surface area (Å²) in [4.78, 5) is 2.35. The molecule has 0 radical (unpaired) electrons. The zero-order valence-electron chi connectivity index (χ0n) is 26.3. The zero-order valence-corrected chi connectivity index (χ0v) is 26.3. The fraction of sp³-hybridized carbons (Fsp3) is 0. The summed E-state index contributed by atoms with van der Waals surface area (Å²) in [7, 11) is 0. The van der Waals surface area contributed by atoms with Crippen molar-refractivity contribution >= 4 is 49.8 Å². The van der Waals surface area contributed by atoms with Gasteiger partial charge in [-0.3, -0.25) is 0 Å². The van der Waals surface area contributed by atoms with Gasteiger partial charge in [0.2, 0.25) is 0 Å². The first kappa shape index (κ1) is 27.9. The van der Waals surface area contributed by atoms with E-state index in [1.807, 2.05) is 12.1 Å². The SMILES string of the molecule is c1ccc(-c2ccc(N(c3ccc(-c4ccc(-c5ccccc5)c5ccccc45)cc3)c3cccc4oc5ccccc5c34)cc2)cc1. The molecule has 0 atom stereocenters. The Kier molecular flexibility index (Phi) is 6.84. The number of hydrogen-bond acceptors (Lipinski definition) is 2. The van der Waals surface area contributed by atoms with Crippen LogP contribution in [-0.4, -0.2) is 0 Å². The van der Waals surface area contributed by atoms with E-state index < -0.39 is 0 Å². The van der Waals surface area contributed by atoms with Gasteiger partial charge < -0.3 is 9.32 Å². The maximum atomic E-state index is 6.32. The van der Waals surface area contributed by atoms with Gasteiger partial charge in [-0.15, -0.1) is 0 Å². The lowest BCUT2D eigenvalue weighted by Gasteiger charge is -2.26. The van der Waals surface area contributed by atoms with Crippen molar-refractivity contribution in [2.45, 2.75) is 0 Å².